The number of carbonyl (C=O) groups is 1. The molecule has 0 atom stereocenters. The van der Waals surface area contributed by atoms with Gasteiger partial charge in [-0.2, -0.15) is 0 Å². The molecule has 1 aliphatic rings. The van der Waals surface area contributed by atoms with Gasteiger partial charge in [0.05, 0.1) is 14.2 Å². The van der Waals surface area contributed by atoms with Crippen molar-refractivity contribution < 1.29 is 19.0 Å². The molecule has 0 heterocycles. The van der Waals surface area contributed by atoms with Crippen LogP contribution in [0.1, 0.15) is 39.2 Å². The second-order valence-corrected chi connectivity index (χ2v) is 8.27. The van der Waals surface area contributed by atoms with Crippen LogP contribution in [-0.4, -0.2) is 69.5 Å². The molecule has 1 fully saturated rings. The van der Waals surface area contributed by atoms with Gasteiger partial charge in [-0.1, -0.05) is 6.07 Å². The first-order valence-corrected chi connectivity index (χ1v) is 10.4. The number of nitrogens with zero attached hydrogens (tertiary/aromatic N) is 2. The van der Waals surface area contributed by atoms with Crippen molar-refractivity contribution in [3.63, 3.8) is 0 Å². The molecule has 0 aromatic heterocycles. The summed E-state index contributed by atoms with van der Waals surface area (Å²) in [4.78, 5) is 18.5. The zero-order valence-corrected chi connectivity index (χ0v) is 21.8. The SMILES string of the molecule is CN=C(NCCc1ccc(OC)c(OC)c1)NCCN(C(=O)OC(C)(C)C)C1CC1.I. The van der Waals surface area contributed by atoms with Gasteiger partial charge in [-0.25, -0.2) is 4.79 Å². The highest BCUT2D eigenvalue weighted by atomic mass is 127. The minimum atomic E-state index is -0.487. The van der Waals surface area contributed by atoms with Gasteiger partial charge in [0.1, 0.15) is 5.60 Å². The van der Waals surface area contributed by atoms with Gasteiger partial charge in [-0.05, 0) is 57.7 Å². The third kappa shape index (κ3) is 9.40. The summed E-state index contributed by atoms with van der Waals surface area (Å²) < 4.78 is 16.2. The highest BCUT2D eigenvalue weighted by Crippen LogP contribution is 2.28. The number of guanidine groups is 1. The van der Waals surface area contributed by atoms with Crippen LogP contribution in [0.25, 0.3) is 0 Å². The Bertz CT molecular complexity index is 733. The minimum Gasteiger partial charge on any atom is -0.493 e. The lowest BCUT2D eigenvalue weighted by Gasteiger charge is -2.27. The van der Waals surface area contributed by atoms with Gasteiger partial charge in [-0.15, -0.1) is 24.0 Å². The molecule has 0 unspecified atom stereocenters. The largest absolute Gasteiger partial charge is 0.493 e. The fourth-order valence-corrected chi connectivity index (χ4v) is 3.01. The Morgan fingerprint density at radius 3 is 2.32 bits per heavy atom. The van der Waals surface area contributed by atoms with E-state index >= 15 is 0 Å². The van der Waals surface area contributed by atoms with Crippen LogP contribution in [0.3, 0.4) is 0 Å². The number of amides is 1. The standard InChI is InChI=1S/C22H36N4O4.HI/c1-22(2,3)30-21(27)26(17-8-9-17)14-13-25-20(23-4)24-12-11-16-7-10-18(28-5)19(15-16)29-6;/h7,10,15,17H,8-9,11-14H2,1-6H3,(H2,23,24,25);1H. The highest BCUT2D eigenvalue weighted by Gasteiger charge is 2.34. The van der Waals surface area contributed by atoms with Gasteiger partial charge in [0.15, 0.2) is 17.5 Å². The Morgan fingerprint density at radius 1 is 1.13 bits per heavy atom. The average molecular weight is 548 g/mol. The maximum Gasteiger partial charge on any atom is 0.410 e. The lowest BCUT2D eigenvalue weighted by molar-refractivity contribution is 0.0238. The van der Waals surface area contributed by atoms with Crippen LogP contribution in [-0.2, 0) is 11.2 Å². The molecule has 0 saturated heterocycles. The van der Waals surface area contributed by atoms with Gasteiger partial charge < -0.3 is 29.7 Å². The van der Waals surface area contributed by atoms with Gasteiger partial charge in [0.2, 0.25) is 0 Å². The first-order valence-electron chi connectivity index (χ1n) is 10.4. The zero-order valence-electron chi connectivity index (χ0n) is 19.5. The molecule has 8 nitrogen and oxygen atoms in total. The molecule has 1 saturated carbocycles. The van der Waals surface area contributed by atoms with Crippen molar-refractivity contribution in [2.75, 3.05) is 40.9 Å². The molecule has 1 aliphatic carbocycles. The number of halogens is 1. The van der Waals surface area contributed by atoms with E-state index in [1.807, 2.05) is 43.9 Å². The minimum absolute atomic E-state index is 0. The summed E-state index contributed by atoms with van der Waals surface area (Å²) in [5.41, 5.74) is 0.653. The molecule has 9 heteroatoms. The lowest BCUT2D eigenvalue weighted by atomic mass is 10.1. The molecule has 0 spiro atoms. The quantitative estimate of drug-likeness (QED) is 0.280. The van der Waals surface area contributed by atoms with E-state index in [1.165, 1.54) is 0 Å². The van der Waals surface area contributed by atoms with Crippen LogP contribution in [0.15, 0.2) is 23.2 Å². The van der Waals surface area contributed by atoms with E-state index in [1.54, 1.807) is 21.3 Å². The predicted octanol–water partition coefficient (Wildman–Crippen LogP) is 3.43. The summed E-state index contributed by atoms with van der Waals surface area (Å²) in [6, 6.07) is 6.20. The van der Waals surface area contributed by atoms with Crippen molar-refractivity contribution in [2.45, 2.75) is 51.7 Å². The molecule has 176 valence electrons. The highest BCUT2D eigenvalue weighted by molar-refractivity contribution is 14.0. The monoisotopic (exact) mass is 548 g/mol. The molecular formula is C22H37IN4O4. The summed E-state index contributed by atoms with van der Waals surface area (Å²) in [5.74, 6) is 2.15. The molecule has 1 amide bonds. The Kier molecular flexibility index (Phi) is 11.2. The number of aliphatic imine (C=N–C) groups is 1. The Morgan fingerprint density at radius 2 is 1.77 bits per heavy atom. The first kappa shape index (κ1) is 27.1. The van der Waals surface area contributed by atoms with E-state index in [-0.39, 0.29) is 30.1 Å². The molecule has 0 bridgehead atoms. The molecule has 2 N–H and O–H groups in total. The predicted molar refractivity (Wildman–Crippen MR) is 134 cm³/mol. The normalized spacial score (nSPS) is 13.7. The van der Waals surface area contributed by atoms with Gasteiger partial charge in [0, 0.05) is 32.7 Å². The molecular weight excluding hydrogens is 511 g/mol. The number of ether oxygens (including phenoxy) is 3. The smallest absolute Gasteiger partial charge is 0.410 e. The van der Waals surface area contributed by atoms with E-state index < -0.39 is 5.60 Å². The lowest BCUT2D eigenvalue weighted by Crippen LogP contribution is -2.45. The Balaban J connectivity index is 0.00000480. The summed E-state index contributed by atoms with van der Waals surface area (Å²) in [7, 11) is 4.99. The summed E-state index contributed by atoms with van der Waals surface area (Å²) in [6.07, 6.45) is 2.64. The average Bonchev–Trinajstić information content (AvgIpc) is 3.53. The number of benzene rings is 1. The van der Waals surface area contributed by atoms with Crippen LogP contribution >= 0.6 is 24.0 Å². The molecule has 1 aromatic rings. The van der Waals surface area contributed by atoms with Crippen molar-refractivity contribution in [3.05, 3.63) is 23.8 Å². The van der Waals surface area contributed by atoms with Crippen molar-refractivity contribution in [1.29, 1.82) is 0 Å². The van der Waals surface area contributed by atoms with E-state index in [4.69, 9.17) is 14.2 Å². The summed E-state index contributed by atoms with van der Waals surface area (Å²) >= 11 is 0. The maximum atomic E-state index is 12.4. The van der Waals surface area contributed by atoms with Gasteiger partial charge >= 0.3 is 6.09 Å². The molecule has 31 heavy (non-hydrogen) atoms. The Hall–Kier alpha value is -1.91. The van der Waals surface area contributed by atoms with E-state index in [0.29, 0.717) is 31.6 Å². The molecule has 1 aromatic carbocycles. The summed E-state index contributed by atoms with van der Waals surface area (Å²) in [6.45, 7) is 7.56. The first-order chi connectivity index (χ1) is 14.3. The molecule has 0 aliphatic heterocycles. The fraction of sp³-hybridized carbons (Fsp3) is 0.636. The Labute approximate surface area is 203 Å². The topological polar surface area (TPSA) is 84.4 Å². The third-order valence-corrected chi connectivity index (χ3v) is 4.64. The van der Waals surface area contributed by atoms with E-state index in [9.17, 15) is 4.79 Å². The van der Waals surface area contributed by atoms with Crippen molar-refractivity contribution >= 4 is 36.0 Å². The number of carbonyl (C=O) groups excluding carboxylic acids is 1. The van der Waals surface area contributed by atoms with Gasteiger partial charge in [-0.3, -0.25) is 4.99 Å². The molecule has 2 rings (SSSR count). The number of nitrogens with one attached hydrogen (secondary N) is 2. The van der Waals surface area contributed by atoms with E-state index in [0.717, 1.165) is 36.3 Å². The zero-order chi connectivity index (χ0) is 22.1. The summed E-state index contributed by atoms with van der Waals surface area (Å²) in [5, 5.41) is 6.57. The van der Waals surface area contributed by atoms with Crippen LogP contribution in [0.4, 0.5) is 4.79 Å². The third-order valence-electron chi connectivity index (χ3n) is 4.64. The fourth-order valence-electron chi connectivity index (χ4n) is 3.01. The van der Waals surface area contributed by atoms with Crippen LogP contribution in [0, 0.1) is 0 Å². The second kappa shape index (κ2) is 12.8. The maximum absolute atomic E-state index is 12.4. The van der Waals surface area contributed by atoms with Crippen LogP contribution < -0.4 is 20.1 Å². The van der Waals surface area contributed by atoms with Crippen molar-refractivity contribution in [1.82, 2.24) is 15.5 Å². The number of hydrogen-bond acceptors (Lipinski definition) is 5. The van der Waals surface area contributed by atoms with Crippen molar-refractivity contribution in [2.24, 2.45) is 4.99 Å². The number of hydrogen-bond donors (Lipinski definition) is 2. The van der Waals surface area contributed by atoms with Crippen LogP contribution in [0.5, 0.6) is 11.5 Å². The number of methoxy groups -OCH3 is 2. The van der Waals surface area contributed by atoms with Crippen molar-refractivity contribution in [3.8, 4) is 11.5 Å². The second-order valence-electron chi connectivity index (χ2n) is 8.27. The van der Waals surface area contributed by atoms with Crippen LogP contribution in [0.2, 0.25) is 0 Å². The van der Waals surface area contributed by atoms with E-state index in [2.05, 4.69) is 15.6 Å². The number of rotatable bonds is 9. The van der Waals surface area contributed by atoms with Gasteiger partial charge in [0.25, 0.3) is 0 Å². The molecule has 0 radical (unpaired) electrons.